The molecule has 1 aliphatic rings. The molecule has 1 heterocycles. The number of nitrogens with zero attached hydrogens (tertiary/aromatic N) is 1. The number of anilines is 1. The van der Waals surface area contributed by atoms with E-state index in [-0.39, 0.29) is 12.2 Å². The SMILES string of the molecule is Cc1cccc(F)c1NC(=O)N1CC(=O)NCC1C(=O)O. The van der Waals surface area contributed by atoms with Crippen LogP contribution < -0.4 is 10.6 Å². The van der Waals surface area contributed by atoms with Crippen molar-refractivity contribution >= 4 is 23.6 Å². The van der Waals surface area contributed by atoms with Crippen LogP contribution in [0.2, 0.25) is 0 Å². The lowest BCUT2D eigenvalue weighted by atomic mass is 10.2. The first kappa shape index (κ1) is 14.8. The van der Waals surface area contributed by atoms with E-state index in [0.717, 1.165) is 4.90 Å². The fraction of sp³-hybridized carbons (Fsp3) is 0.308. The molecule has 0 aliphatic carbocycles. The van der Waals surface area contributed by atoms with Gasteiger partial charge in [-0.3, -0.25) is 9.69 Å². The molecule has 1 fully saturated rings. The van der Waals surface area contributed by atoms with E-state index in [4.69, 9.17) is 5.11 Å². The molecule has 0 saturated carbocycles. The number of hydrogen-bond acceptors (Lipinski definition) is 3. The Morgan fingerprint density at radius 1 is 1.48 bits per heavy atom. The average Bonchev–Trinajstić information content (AvgIpc) is 2.42. The van der Waals surface area contributed by atoms with E-state index in [0.29, 0.717) is 5.56 Å². The number of carboxylic acids is 1. The quantitative estimate of drug-likeness (QED) is 0.742. The molecule has 2 rings (SSSR count). The van der Waals surface area contributed by atoms with Crippen molar-refractivity contribution < 1.29 is 23.9 Å². The van der Waals surface area contributed by atoms with Crippen LogP contribution in [-0.4, -0.2) is 47.0 Å². The van der Waals surface area contributed by atoms with Crippen LogP contribution in [0.1, 0.15) is 5.56 Å². The zero-order chi connectivity index (χ0) is 15.6. The predicted molar refractivity (Wildman–Crippen MR) is 71.3 cm³/mol. The number of hydrogen-bond donors (Lipinski definition) is 3. The fourth-order valence-corrected chi connectivity index (χ4v) is 2.04. The Kier molecular flexibility index (Phi) is 4.06. The molecular weight excluding hydrogens is 281 g/mol. The Balaban J connectivity index is 2.21. The van der Waals surface area contributed by atoms with Gasteiger partial charge in [0.1, 0.15) is 18.4 Å². The number of piperazine rings is 1. The van der Waals surface area contributed by atoms with E-state index in [2.05, 4.69) is 10.6 Å². The molecule has 0 spiro atoms. The Labute approximate surface area is 119 Å². The maximum atomic E-state index is 13.7. The van der Waals surface area contributed by atoms with Crippen LogP contribution in [0, 0.1) is 12.7 Å². The van der Waals surface area contributed by atoms with Crippen LogP contribution in [0.5, 0.6) is 0 Å². The highest BCUT2D eigenvalue weighted by atomic mass is 19.1. The standard InChI is InChI=1S/C13H14FN3O4/c1-7-3-2-4-8(14)11(7)16-13(21)17-6-10(18)15-5-9(17)12(19)20/h2-4,9H,5-6H2,1H3,(H,15,18)(H,16,21)(H,19,20). The number of halogens is 1. The summed E-state index contributed by atoms with van der Waals surface area (Å²) in [6.07, 6.45) is 0. The van der Waals surface area contributed by atoms with E-state index >= 15 is 0 Å². The van der Waals surface area contributed by atoms with Gasteiger partial charge >= 0.3 is 12.0 Å². The van der Waals surface area contributed by atoms with Crippen molar-refractivity contribution in [1.29, 1.82) is 0 Å². The van der Waals surface area contributed by atoms with Crippen molar-refractivity contribution in [3.8, 4) is 0 Å². The lowest BCUT2D eigenvalue weighted by Gasteiger charge is -2.32. The second kappa shape index (κ2) is 5.78. The summed E-state index contributed by atoms with van der Waals surface area (Å²) in [6.45, 7) is 1.03. The Hall–Kier alpha value is -2.64. The molecule has 1 atom stereocenters. The summed E-state index contributed by atoms with van der Waals surface area (Å²) in [5.74, 6) is -2.33. The van der Waals surface area contributed by atoms with Crippen molar-refractivity contribution in [2.75, 3.05) is 18.4 Å². The third-order valence-corrected chi connectivity index (χ3v) is 3.18. The highest BCUT2D eigenvalue weighted by molar-refractivity contribution is 5.97. The molecule has 112 valence electrons. The van der Waals surface area contributed by atoms with Crippen LogP contribution in [0.25, 0.3) is 0 Å². The summed E-state index contributed by atoms with van der Waals surface area (Å²) in [5.41, 5.74) is 0.467. The van der Waals surface area contributed by atoms with Gasteiger partial charge in [-0.1, -0.05) is 12.1 Å². The number of rotatable bonds is 2. The van der Waals surface area contributed by atoms with Crippen LogP contribution in [-0.2, 0) is 9.59 Å². The number of aryl methyl sites for hydroxylation is 1. The number of carbonyl (C=O) groups is 3. The second-order valence-electron chi connectivity index (χ2n) is 4.65. The molecule has 1 aliphatic heterocycles. The largest absolute Gasteiger partial charge is 0.480 e. The maximum absolute atomic E-state index is 13.7. The summed E-state index contributed by atoms with van der Waals surface area (Å²) in [5, 5.41) is 13.8. The van der Waals surface area contributed by atoms with Gasteiger partial charge in [-0.2, -0.15) is 0 Å². The minimum atomic E-state index is -1.24. The first-order valence-electron chi connectivity index (χ1n) is 6.22. The number of urea groups is 1. The molecule has 3 amide bonds. The molecule has 1 aromatic carbocycles. The molecular formula is C13H14FN3O4. The van der Waals surface area contributed by atoms with Crippen LogP contribution in [0.3, 0.4) is 0 Å². The van der Waals surface area contributed by atoms with E-state index in [1.54, 1.807) is 13.0 Å². The smallest absolute Gasteiger partial charge is 0.328 e. The van der Waals surface area contributed by atoms with E-state index in [9.17, 15) is 18.8 Å². The topological polar surface area (TPSA) is 98.7 Å². The Bertz CT molecular complexity index is 585. The lowest BCUT2D eigenvalue weighted by Crippen LogP contribution is -2.60. The van der Waals surface area contributed by atoms with Gasteiger partial charge < -0.3 is 15.7 Å². The van der Waals surface area contributed by atoms with Crippen molar-refractivity contribution in [2.24, 2.45) is 0 Å². The van der Waals surface area contributed by atoms with Crippen molar-refractivity contribution in [2.45, 2.75) is 13.0 Å². The summed E-state index contributed by atoms with van der Waals surface area (Å²) >= 11 is 0. The van der Waals surface area contributed by atoms with E-state index in [1.807, 2.05) is 0 Å². The highest BCUT2D eigenvalue weighted by Crippen LogP contribution is 2.20. The number of benzene rings is 1. The van der Waals surface area contributed by atoms with Gasteiger partial charge in [0, 0.05) is 6.54 Å². The van der Waals surface area contributed by atoms with Crippen LogP contribution >= 0.6 is 0 Å². The fourth-order valence-electron chi connectivity index (χ4n) is 2.04. The number of amides is 3. The molecule has 3 N–H and O–H groups in total. The molecule has 0 aromatic heterocycles. The first-order valence-corrected chi connectivity index (χ1v) is 6.22. The van der Waals surface area contributed by atoms with Gasteiger partial charge in [-0.15, -0.1) is 0 Å². The van der Waals surface area contributed by atoms with Gasteiger partial charge in [0.05, 0.1) is 5.69 Å². The maximum Gasteiger partial charge on any atom is 0.328 e. The lowest BCUT2D eigenvalue weighted by molar-refractivity contribution is -0.144. The molecule has 7 nitrogen and oxygen atoms in total. The van der Waals surface area contributed by atoms with E-state index < -0.39 is 36.3 Å². The predicted octanol–water partition coefficient (Wildman–Crippen LogP) is 0.551. The summed E-state index contributed by atoms with van der Waals surface area (Å²) in [4.78, 5) is 35.5. The van der Waals surface area contributed by atoms with Gasteiger partial charge in [-0.05, 0) is 18.6 Å². The molecule has 8 heteroatoms. The normalized spacial score (nSPS) is 18.1. The van der Waals surface area contributed by atoms with Crippen molar-refractivity contribution in [3.63, 3.8) is 0 Å². The molecule has 1 saturated heterocycles. The molecule has 1 unspecified atom stereocenters. The first-order chi connectivity index (χ1) is 9.90. The molecule has 21 heavy (non-hydrogen) atoms. The van der Waals surface area contributed by atoms with Gasteiger partial charge in [0.2, 0.25) is 5.91 Å². The Morgan fingerprint density at radius 2 is 2.19 bits per heavy atom. The zero-order valence-corrected chi connectivity index (χ0v) is 11.2. The molecule has 0 radical (unpaired) electrons. The third-order valence-electron chi connectivity index (χ3n) is 3.18. The number of para-hydroxylation sites is 1. The van der Waals surface area contributed by atoms with Crippen molar-refractivity contribution in [3.05, 3.63) is 29.6 Å². The van der Waals surface area contributed by atoms with Crippen LogP contribution in [0.4, 0.5) is 14.9 Å². The minimum absolute atomic E-state index is 0.0300. The van der Waals surface area contributed by atoms with Gasteiger partial charge in [0.25, 0.3) is 0 Å². The average molecular weight is 295 g/mol. The minimum Gasteiger partial charge on any atom is -0.480 e. The number of carbonyl (C=O) groups excluding carboxylic acids is 2. The Morgan fingerprint density at radius 3 is 2.81 bits per heavy atom. The second-order valence-corrected chi connectivity index (χ2v) is 4.65. The molecule has 1 aromatic rings. The van der Waals surface area contributed by atoms with Crippen LogP contribution in [0.15, 0.2) is 18.2 Å². The highest BCUT2D eigenvalue weighted by Gasteiger charge is 2.35. The number of aliphatic carboxylic acids is 1. The molecule has 0 bridgehead atoms. The summed E-state index contributed by atoms with van der Waals surface area (Å²) in [6, 6.07) is 2.27. The van der Waals surface area contributed by atoms with Gasteiger partial charge in [0.15, 0.2) is 0 Å². The van der Waals surface area contributed by atoms with E-state index in [1.165, 1.54) is 12.1 Å². The summed E-state index contributed by atoms with van der Waals surface area (Å²) in [7, 11) is 0. The summed E-state index contributed by atoms with van der Waals surface area (Å²) < 4.78 is 13.7. The monoisotopic (exact) mass is 295 g/mol. The van der Waals surface area contributed by atoms with Crippen molar-refractivity contribution in [1.82, 2.24) is 10.2 Å². The number of carboxylic acid groups (broad SMARTS) is 1. The third kappa shape index (κ3) is 3.10. The van der Waals surface area contributed by atoms with Gasteiger partial charge in [-0.25, -0.2) is 14.0 Å². The zero-order valence-electron chi connectivity index (χ0n) is 11.2. The number of nitrogens with one attached hydrogen (secondary N) is 2.